The number of aromatic nitrogens is 2. The standard InChI is InChI=1S/C23H26N4O2/c1-17-8-9-21(18(2)14-17)24-22(28)16-27-15-20(19-6-4-3-5-7-19)23(25-27)26-10-12-29-13-11-26/h3-9,14-15H,10-13,16H2,1-2H3,(H,24,28). The monoisotopic (exact) mass is 390 g/mol. The van der Waals surface area contributed by atoms with Crippen LogP contribution in [0.1, 0.15) is 11.1 Å². The van der Waals surface area contributed by atoms with Crippen molar-refractivity contribution in [1.82, 2.24) is 9.78 Å². The summed E-state index contributed by atoms with van der Waals surface area (Å²) in [6.07, 6.45) is 1.96. The maximum Gasteiger partial charge on any atom is 0.246 e. The summed E-state index contributed by atoms with van der Waals surface area (Å²) in [4.78, 5) is 14.9. The van der Waals surface area contributed by atoms with Crippen molar-refractivity contribution in [2.45, 2.75) is 20.4 Å². The van der Waals surface area contributed by atoms with Crippen molar-refractivity contribution in [3.05, 3.63) is 65.9 Å². The molecule has 4 rings (SSSR count). The number of hydrogen-bond acceptors (Lipinski definition) is 4. The molecule has 1 fully saturated rings. The van der Waals surface area contributed by atoms with Crippen LogP contribution < -0.4 is 10.2 Å². The van der Waals surface area contributed by atoms with Gasteiger partial charge in [0, 0.05) is 30.5 Å². The number of carbonyl (C=O) groups excluding carboxylic acids is 1. The van der Waals surface area contributed by atoms with Crippen LogP contribution in [0.2, 0.25) is 0 Å². The van der Waals surface area contributed by atoms with Gasteiger partial charge in [0.25, 0.3) is 0 Å². The number of ether oxygens (including phenoxy) is 1. The fourth-order valence-corrected chi connectivity index (χ4v) is 3.61. The molecule has 3 aromatic rings. The minimum Gasteiger partial charge on any atom is -0.378 e. The maximum absolute atomic E-state index is 12.6. The first kappa shape index (κ1) is 19.2. The van der Waals surface area contributed by atoms with Gasteiger partial charge in [0.2, 0.25) is 5.91 Å². The first-order valence-corrected chi connectivity index (χ1v) is 9.93. The Kier molecular flexibility index (Phi) is 5.62. The van der Waals surface area contributed by atoms with E-state index in [1.807, 2.05) is 50.4 Å². The van der Waals surface area contributed by atoms with E-state index >= 15 is 0 Å². The second kappa shape index (κ2) is 8.49. The van der Waals surface area contributed by atoms with Gasteiger partial charge in [-0.25, -0.2) is 0 Å². The maximum atomic E-state index is 12.6. The summed E-state index contributed by atoms with van der Waals surface area (Å²) in [6, 6.07) is 16.2. The number of nitrogens with zero attached hydrogens (tertiary/aromatic N) is 3. The Labute approximate surface area is 171 Å². The van der Waals surface area contributed by atoms with Crippen LogP contribution in [0.4, 0.5) is 11.5 Å². The molecule has 29 heavy (non-hydrogen) atoms. The molecule has 1 saturated heterocycles. The molecule has 6 heteroatoms. The highest BCUT2D eigenvalue weighted by Gasteiger charge is 2.20. The fourth-order valence-electron chi connectivity index (χ4n) is 3.61. The minimum atomic E-state index is -0.0902. The molecular formula is C23H26N4O2. The summed E-state index contributed by atoms with van der Waals surface area (Å²) in [5.74, 6) is 0.811. The van der Waals surface area contributed by atoms with Gasteiger partial charge in [0.1, 0.15) is 6.54 Å². The Morgan fingerprint density at radius 2 is 1.86 bits per heavy atom. The highest BCUT2D eigenvalue weighted by atomic mass is 16.5. The van der Waals surface area contributed by atoms with E-state index in [0.29, 0.717) is 13.2 Å². The summed E-state index contributed by atoms with van der Waals surface area (Å²) in [7, 11) is 0. The zero-order chi connectivity index (χ0) is 20.2. The molecule has 0 atom stereocenters. The Morgan fingerprint density at radius 3 is 2.59 bits per heavy atom. The highest BCUT2D eigenvalue weighted by molar-refractivity contribution is 5.91. The molecule has 0 unspecified atom stereocenters. The molecule has 0 saturated carbocycles. The number of anilines is 2. The molecule has 0 aliphatic carbocycles. The van der Waals surface area contributed by atoms with E-state index < -0.39 is 0 Å². The Balaban J connectivity index is 1.57. The molecule has 2 heterocycles. The summed E-state index contributed by atoms with van der Waals surface area (Å²) in [5, 5.41) is 7.76. The molecule has 150 valence electrons. The van der Waals surface area contributed by atoms with Crippen molar-refractivity contribution in [2.24, 2.45) is 0 Å². The molecule has 0 bridgehead atoms. The molecule has 1 aromatic heterocycles. The number of aryl methyl sites for hydroxylation is 2. The van der Waals surface area contributed by atoms with Gasteiger partial charge < -0.3 is 15.0 Å². The van der Waals surface area contributed by atoms with Crippen LogP contribution >= 0.6 is 0 Å². The zero-order valence-electron chi connectivity index (χ0n) is 16.9. The van der Waals surface area contributed by atoms with Crippen molar-refractivity contribution in [3.63, 3.8) is 0 Å². The number of benzene rings is 2. The first-order chi connectivity index (χ1) is 14.1. The highest BCUT2D eigenvalue weighted by Crippen LogP contribution is 2.30. The number of hydrogen-bond donors (Lipinski definition) is 1. The smallest absolute Gasteiger partial charge is 0.246 e. The van der Waals surface area contributed by atoms with Crippen LogP contribution in [0.25, 0.3) is 11.1 Å². The first-order valence-electron chi connectivity index (χ1n) is 9.93. The molecule has 0 radical (unpaired) electrons. The van der Waals surface area contributed by atoms with Gasteiger partial charge in [0.05, 0.1) is 13.2 Å². The predicted octanol–water partition coefficient (Wildman–Crippen LogP) is 3.64. The number of nitrogens with one attached hydrogen (secondary N) is 1. The lowest BCUT2D eigenvalue weighted by atomic mass is 10.1. The van der Waals surface area contributed by atoms with E-state index in [0.717, 1.165) is 41.3 Å². The fraction of sp³-hybridized carbons (Fsp3) is 0.304. The molecule has 6 nitrogen and oxygen atoms in total. The van der Waals surface area contributed by atoms with E-state index in [2.05, 4.69) is 28.4 Å². The van der Waals surface area contributed by atoms with Crippen LogP contribution in [0.3, 0.4) is 0 Å². The van der Waals surface area contributed by atoms with Gasteiger partial charge in [-0.1, -0.05) is 48.0 Å². The number of carbonyl (C=O) groups is 1. The third kappa shape index (κ3) is 4.49. The molecule has 1 amide bonds. The van der Waals surface area contributed by atoms with Crippen LogP contribution in [0.15, 0.2) is 54.7 Å². The molecule has 0 spiro atoms. The van der Waals surface area contributed by atoms with Gasteiger partial charge in [-0.2, -0.15) is 5.10 Å². The largest absolute Gasteiger partial charge is 0.378 e. The summed E-state index contributed by atoms with van der Waals surface area (Å²) in [6.45, 7) is 7.18. The van der Waals surface area contributed by atoms with Gasteiger partial charge in [-0.05, 0) is 31.0 Å². The lowest BCUT2D eigenvalue weighted by Gasteiger charge is -2.27. The Morgan fingerprint density at radius 1 is 1.10 bits per heavy atom. The quantitative estimate of drug-likeness (QED) is 0.723. The van der Waals surface area contributed by atoms with Crippen molar-refractivity contribution in [2.75, 3.05) is 36.5 Å². The van der Waals surface area contributed by atoms with Crippen molar-refractivity contribution in [1.29, 1.82) is 0 Å². The van der Waals surface area contributed by atoms with E-state index in [1.165, 1.54) is 5.56 Å². The van der Waals surface area contributed by atoms with Crippen LogP contribution in [0, 0.1) is 13.8 Å². The zero-order valence-corrected chi connectivity index (χ0v) is 16.9. The van der Waals surface area contributed by atoms with Crippen LogP contribution in [0.5, 0.6) is 0 Å². The summed E-state index contributed by atoms with van der Waals surface area (Å²) >= 11 is 0. The van der Waals surface area contributed by atoms with Crippen molar-refractivity contribution < 1.29 is 9.53 Å². The second-order valence-corrected chi connectivity index (χ2v) is 7.40. The molecule has 2 aromatic carbocycles. The van der Waals surface area contributed by atoms with E-state index in [4.69, 9.17) is 9.84 Å². The summed E-state index contributed by atoms with van der Waals surface area (Å²) < 4.78 is 7.21. The second-order valence-electron chi connectivity index (χ2n) is 7.40. The minimum absolute atomic E-state index is 0.0902. The number of rotatable bonds is 5. The average molecular weight is 390 g/mol. The molecule has 1 aliphatic heterocycles. The van der Waals surface area contributed by atoms with Gasteiger partial charge >= 0.3 is 0 Å². The molecule has 1 aliphatic rings. The third-order valence-corrected chi connectivity index (χ3v) is 5.10. The topological polar surface area (TPSA) is 59.4 Å². The lowest BCUT2D eigenvalue weighted by Crippen LogP contribution is -2.36. The Hall–Kier alpha value is -3.12. The van der Waals surface area contributed by atoms with Gasteiger partial charge in [-0.15, -0.1) is 0 Å². The predicted molar refractivity (Wildman–Crippen MR) is 115 cm³/mol. The molecule has 1 N–H and O–H groups in total. The Bertz CT molecular complexity index is 991. The van der Waals surface area contributed by atoms with Gasteiger partial charge in [-0.3, -0.25) is 9.48 Å². The van der Waals surface area contributed by atoms with E-state index in [-0.39, 0.29) is 12.5 Å². The van der Waals surface area contributed by atoms with E-state index in [9.17, 15) is 4.79 Å². The van der Waals surface area contributed by atoms with Gasteiger partial charge in [0.15, 0.2) is 5.82 Å². The van der Waals surface area contributed by atoms with Crippen LogP contribution in [-0.2, 0) is 16.1 Å². The lowest BCUT2D eigenvalue weighted by molar-refractivity contribution is -0.116. The SMILES string of the molecule is Cc1ccc(NC(=O)Cn2cc(-c3ccccc3)c(N3CCOCC3)n2)c(C)c1. The number of amides is 1. The van der Waals surface area contributed by atoms with Crippen molar-refractivity contribution >= 4 is 17.4 Å². The average Bonchev–Trinajstić information content (AvgIpc) is 3.15. The normalized spacial score (nSPS) is 14.1. The van der Waals surface area contributed by atoms with Crippen LogP contribution in [-0.4, -0.2) is 42.0 Å². The van der Waals surface area contributed by atoms with E-state index in [1.54, 1.807) is 4.68 Å². The third-order valence-electron chi connectivity index (χ3n) is 5.10. The number of morpholine rings is 1. The summed E-state index contributed by atoms with van der Waals surface area (Å²) in [5.41, 5.74) is 5.19. The molecular weight excluding hydrogens is 364 g/mol. The van der Waals surface area contributed by atoms with Crippen molar-refractivity contribution in [3.8, 4) is 11.1 Å².